The lowest BCUT2D eigenvalue weighted by Crippen LogP contribution is -2.36. The Labute approximate surface area is 95.6 Å². The molecule has 15 heavy (non-hydrogen) atoms. The second kappa shape index (κ2) is 5.10. The van der Waals surface area contributed by atoms with Crippen LogP contribution in [0.1, 0.15) is 30.7 Å². The number of nitrogens with one attached hydrogen (secondary N) is 1. The number of hydrogen-bond donors (Lipinski definition) is 1. The molecule has 1 heterocycles. The Morgan fingerprint density at radius 1 is 1.60 bits per heavy atom. The van der Waals surface area contributed by atoms with E-state index in [2.05, 4.69) is 29.8 Å². The maximum atomic E-state index is 5.26. The first-order valence-electron chi connectivity index (χ1n) is 5.59. The molecule has 1 aliphatic carbocycles. The van der Waals surface area contributed by atoms with Crippen molar-refractivity contribution in [3.63, 3.8) is 0 Å². The molecule has 1 saturated carbocycles. The summed E-state index contributed by atoms with van der Waals surface area (Å²) in [6.45, 7) is 3.07. The number of ether oxygens (including phenoxy) is 1. The van der Waals surface area contributed by atoms with Gasteiger partial charge in [-0.2, -0.15) is 0 Å². The summed E-state index contributed by atoms with van der Waals surface area (Å²) in [5.41, 5.74) is 0. The summed E-state index contributed by atoms with van der Waals surface area (Å²) < 4.78 is 5.26. The minimum atomic E-state index is 0.450. The van der Waals surface area contributed by atoms with Crippen molar-refractivity contribution < 1.29 is 4.74 Å². The molecule has 1 aromatic heterocycles. The third-order valence-electron chi connectivity index (χ3n) is 2.97. The van der Waals surface area contributed by atoms with Crippen molar-refractivity contribution in [2.45, 2.75) is 31.8 Å². The van der Waals surface area contributed by atoms with Gasteiger partial charge in [0.2, 0.25) is 0 Å². The van der Waals surface area contributed by atoms with Crippen LogP contribution in [0.4, 0.5) is 0 Å². The highest BCUT2D eigenvalue weighted by atomic mass is 32.1. The molecule has 2 atom stereocenters. The molecule has 84 valence electrons. The fraction of sp³-hybridized carbons (Fsp3) is 0.667. The Bertz CT molecular complexity index is 282. The molecule has 0 radical (unpaired) electrons. The lowest BCUT2D eigenvalue weighted by Gasteiger charge is -2.21. The van der Waals surface area contributed by atoms with Gasteiger partial charge in [-0.1, -0.05) is 6.07 Å². The van der Waals surface area contributed by atoms with Crippen LogP contribution in [0.3, 0.4) is 0 Å². The molecule has 1 aromatic rings. The maximum Gasteiger partial charge on any atom is 0.0618 e. The molecule has 2 rings (SSSR count). The van der Waals surface area contributed by atoms with Crippen molar-refractivity contribution >= 4 is 11.3 Å². The highest BCUT2D eigenvalue weighted by Crippen LogP contribution is 2.34. The van der Waals surface area contributed by atoms with E-state index in [4.69, 9.17) is 4.74 Å². The number of methoxy groups -OCH3 is 1. The standard InChI is InChI=1S/C12H19NOS/c1-9(12-4-3-7-15-12)13-11(8-14-2)10-5-6-10/h3-4,7,9-11,13H,5-6,8H2,1-2H3/t9-,11?/m0/s1. The van der Waals surface area contributed by atoms with E-state index in [9.17, 15) is 0 Å². The highest BCUT2D eigenvalue weighted by molar-refractivity contribution is 7.10. The summed E-state index contributed by atoms with van der Waals surface area (Å²) >= 11 is 1.82. The van der Waals surface area contributed by atoms with Crippen LogP contribution >= 0.6 is 11.3 Å². The maximum absolute atomic E-state index is 5.26. The van der Waals surface area contributed by atoms with Crippen molar-refractivity contribution in [1.82, 2.24) is 5.32 Å². The van der Waals surface area contributed by atoms with Crippen LogP contribution < -0.4 is 5.32 Å². The largest absolute Gasteiger partial charge is 0.383 e. The fourth-order valence-corrected chi connectivity index (χ4v) is 2.68. The van der Waals surface area contributed by atoms with Gasteiger partial charge in [-0.3, -0.25) is 0 Å². The van der Waals surface area contributed by atoms with Crippen LogP contribution in [0.25, 0.3) is 0 Å². The molecule has 1 unspecified atom stereocenters. The van der Waals surface area contributed by atoms with Crippen LogP contribution in [0.15, 0.2) is 17.5 Å². The lowest BCUT2D eigenvalue weighted by molar-refractivity contribution is 0.152. The van der Waals surface area contributed by atoms with Gasteiger partial charge in [-0.05, 0) is 37.1 Å². The normalized spacial score (nSPS) is 20.1. The van der Waals surface area contributed by atoms with E-state index in [0.717, 1.165) is 12.5 Å². The second-order valence-corrected chi connectivity index (χ2v) is 5.28. The summed E-state index contributed by atoms with van der Waals surface area (Å²) in [5, 5.41) is 5.80. The van der Waals surface area contributed by atoms with Gasteiger partial charge in [0.05, 0.1) is 6.61 Å². The van der Waals surface area contributed by atoms with E-state index in [-0.39, 0.29) is 0 Å². The number of thiophene rings is 1. The van der Waals surface area contributed by atoms with Gasteiger partial charge >= 0.3 is 0 Å². The molecule has 3 heteroatoms. The van der Waals surface area contributed by atoms with Gasteiger partial charge in [0.25, 0.3) is 0 Å². The lowest BCUT2D eigenvalue weighted by atomic mass is 10.1. The Hall–Kier alpha value is -0.380. The Morgan fingerprint density at radius 2 is 2.40 bits per heavy atom. The molecule has 1 aliphatic rings. The van der Waals surface area contributed by atoms with Crippen LogP contribution in [0.5, 0.6) is 0 Å². The minimum absolute atomic E-state index is 0.450. The Balaban J connectivity index is 1.88. The van der Waals surface area contributed by atoms with E-state index in [0.29, 0.717) is 12.1 Å². The van der Waals surface area contributed by atoms with Gasteiger partial charge in [-0.25, -0.2) is 0 Å². The highest BCUT2D eigenvalue weighted by Gasteiger charge is 2.31. The third-order valence-corrected chi connectivity index (χ3v) is 4.03. The molecule has 0 aromatic carbocycles. The second-order valence-electron chi connectivity index (χ2n) is 4.30. The van der Waals surface area contributed by atoms with Gasteiger partial charge < -0.3 is 10.1 Å². The molecular weight excluding hydrogens is 206 g/mol. The van der Waals surface area contributed by atoms with E-state index in [1.54, 1.807) is 7.11 Å². The monoisotopic (exact) mass is 225 g/mol. The average Bonchev–Trinajstić information content (AvgIpc) is 2.92. The zero-order chi connectivity index (χ0) is 10.7. The molecule has 0 amide bonds. The predicted octanol–water partition coefficient (Wildman–Crippen LogP) is 2.82. The molecule has 1 N–H and O–H groups in total. The van der Waals surface area contributed by atoms with E-state index >= 15 is 0 Å². The molecule has 0 spiro atoms. The Morgan fingerprint density at radius 3 is 2.93 bits per heavy atom. The van der Waals surface area contributed by atoms with E-state index < -0.39 is 0 Å². The van der Waals surface area contributed by atoms with Crippen molar-refractivity contribution in [3.05, 3.63) is 22.4 Å². The van der Waals surface area contributed by atoms with Crippen molar-refractivity contribution in [3.8, 4) is 0 Å². The van der Waals surface area contributed by atoms with E-state index in [1.165, 1.54) is 17.7 Å². The topological polar surface area (TPSA) is 21.3 Å². The summed E-state index contributed by atoms with van der Waals surface area (Å²) in [5.74, 6) is 0.840. The molecule has 0 bridgehead atoms. The van der Waals surface area contributed by atoms with Gasteiger partial charge in [0.15, 0.2) is 0 Å². The van der Waals surface area contributed by atoms with Crippen LogP contribution in [0.2, 0.25) is 0 Å². The summed E-state index contributed by atoms with van der Waals surface area (Å²) in [6, 6.07) is 5.29. The summed E-state index contributed by atoms with van der Waals surface area (Å²) in [7, 11) is 1.78. The van der Waals surface area contributed by atoms with E-state index in [1.807, 2.05) is 11.3 Å². The van der Waals surface area contributed by atoms with Crippen molar-refractivity contribution in [1.29, 1.82) is 0 Å². The van der Waals surface area contributed by atoms with Crippen LogP contribution in [-0.4, -0.2) is 19.8 Å². The van der Waals surface area contributed by atoms with Gasteiger partial charge in [0.1, 0.15) is 0 Å². The first-order valence-corrected chi connectivity index (χ1v) is 6.47. The zero-order valence-corrected chi connectivity index (χ0v) is 10.2. The van der Waals surface area contributed by atoms with Gasteiger partial charge in [0, 0.05) is 24.1 Å². The number of hydrogen-bond acceptors (Lipinski definition) is 3. The average molecular weight is 225 g/mol. The quantitative estimate of drug-likeness (QED) is 0.804. The third kappa shape index (κ3) is 3.03. The van der Waals surface area contributed by atoms with Crippen LogP contribution in [-0.2, 0) is 4.74 Å². The molecule has 0 aliphatic heterocycles. The minimum Gasteiger partial charge on any atom is -0.383 e. The first-order chi connectivity index (χ1) is 7.31. The smallest absolute Gasteiger partial charge is 0.0618 e. The molecular formula is C12H19NOS. The SMILES string of the molecule is COCC(N[C@@H](C)c1cccs1)C1CC1. The fourth-order valence-electron chi connectivity index (χ4n) is 1.94. The van der Waals surface area contributed by atoms with Crippen LogP contribution in [0, 0.1) is 5.92 Å². The predicted molar refractivity (Wildman–Crippen MR) is 64.3 cm³/mol. The first kappa shape index (κ1) is 11.1. The summed E-state index contributed by atoms with van der Waals surface area (Å²) in [6.07, 6.45) is 2.72. The van der Waals surface area contributed by atoms with Crippen molar-refractivity contribution in [2.24, 2.45) is 5.92 Å². The molecule has 1 fully saturated rings. The zero-order valence-electron chi connectivity index (χ0n) is 9.40. The van der Waals surface area contributed by atoms with Crippen molar-refractivity contribution in [2.75, 3.05) is 13.7 Å². The molecule has 2 nitrogen and oxygen atoms in total. The summed E-state index contributed by atoms with van der Waals surface area (Å²) in [4.78, 5) is 1.41. The number of rotatable bonds is 6. The molecule has 0 saturated heterocycles. The Kier molecular flexibility index (Phi) is 3.78. The van der Waals surface area contributed by atoms with Gasteiger partial charge in [-0.15, -0.1) is 11.3 Å².